The van der Waals surface area contributed by atoms with Crippen LogP contribution >= 0.6 is 0 Å². The molecule has 1 aliphatic heterocycles. The van der Waals surface area contributed by atoms with Crippen molar-refractivity contribution >= 4 is 17.5 Å². The van der Waals surface area contributed by atoms with E-state index in [4.69, 9.17) is 10.1 Å². The number of amides is 2. The smallest absolute Gasteiger partial charge is 0.227 e. The highest BCUT2D eigenvalue weighted by atomic mass is 16.2. The summed E-state index contributed by atoms with van der Waals surface area (Å²) in [5.41, 5.74) is 4.44. The van der Waals surface area contributed by atoms with Gasteiger partial charge < -0.3 is 10.2 Å². The number of nitrogens with one attached hydrogen (secondary N) is 1. The monoisotopic (exact) mass is 411 g/mol. The van der Waals surface area contributed by atoms with Gasteiger partial charge in [0, 0.05) is 54.8 Å². The maximum atomic E-state index is 12.6. The molecule has 0 spiro atoms. The van der Waals surface area contributed by atoms with Gasteiger partial charge in [0.1, 0.15) is 0 Å². The van der Waals surface area contributed by atoms with Crippen LogP contribution in [0.3, 0.4) is 0 Å². The number of fused-ring (bicyclic) bond motifs is 1. The van der Waals surface area contributed by atoms with Gasteiger partial charge in [-0.05, 0) is 32.3 Å². The van der Waals surface area contributed by atoms with E-state index in [0.717, 1.165) is 41.3 Å². The average Bonchev–Trinajstić information content (AvgIpc) is 3.31. The van der Waals surface area contributed by atoms with Gasteiger partial charge in [-0.3, -0.25) is 9.59 Å². The molecule has 7 nitrogen and oxygen atoms in total. The van der Waals surface area contributed by atoms with Crippen LogP contribution in [0.4, 0.5) is 0 Å². The highest BCUT2D eigenvalue weighted by Gasteiger charge is 2.34. The van der Waals surface area contributed by atoms with Gasteiger partial charge in [0.05, 0.1) is 5.69 Å². The first-order chi connectivity index (χ1) is 14.1. The molecule has 30 heavy (non-hydrogen) atoms. The second-order valence-electron chi connectivity index (χ2n) is 9.18. The van der Waals surface area contributed by atoms with E-state index in [9.17, 15) is 9.59 Å². The van der Waals surface area contributed by atoms with Crippen LogP contribution in [0, 0.1) is 19.3 Å². The van der Waals surface area contributed by atoms with Crippen molar-refractivity contribution in [1.82, 2.24) is 24.8 Å². The van der Waals surface area contributed by atoms with Crippen LogP contribution in [0.1, 0.15) is 62.2 Å². The Balaban J connectivity index is 1.78. The third-order valence-electron chi connectivity index (χ3n) is 5.76. The fourth-order valence-electron chi connectivity index (χ4n) is 4.08. The molecule has 3 heterocycles. The number of likely N-dealkylation sites (tertiary alicyclic amines) is 1. The summed E-state index contributed by atoms with van der Waals surface area (Å²) in [5, 5.41) is 7.64. The summed E-state index contributed by atoms with van der Waals surface area (Å²) < 4.78 is 1.88. The molecule has 7 heteroatoms. The molecule has 2 amide bonds. The first-order valence-electron chi connectivity index (χ1n) is 10.6. The van der Waals surface area contributed by atoms with E-state index in [0.29, 0.717) is 25.9 Å². The molecule has 0 unspecified atom stereocenters. The molecule has 0 saturated carbocycles. The lowest BCUT2D eigenvalue weighted by Gasteiger charge is -2.25. The number of rotatable bonds is 6. The summed E-state index contributed by atoms with van der Waals surface area (Å²) in [6, 6.07) is 2.04. The van der Waals surface area contributed by atoms with Crippen LogP contribution in [-0.4, -0.2) is 50.9 Å². The predicted octanol–water partition coefficient (Wildman–Crippen LogP) is 2.94. The third-order valence-corrected chi connectivity index (χ3v) is 5.76. The lowest BCUT2D eigenvalue weighted by atomic mass is 9.95. The van der Waals surface area contributed by atoms with E-state index in [1.165, 1.54) is 0 Å². The molecule has 3 rings (SSSR count). The molecule has 1 aliphatic rings. The van der Waals surface area contributed by atoms with E-state index in [1.807, 2.05) is 50.1 Å². The van der Waals surface area contributed by atoms with E-state index in [1.54, 1.807) is 6.08 Å². The van der Waals surface area contributed by atoms with Crippen molar-refractivity contribution < 1.29 is 9.59 Å². The first kappa shape index (κ1) is 22.0. The van der Waals surface area contributed by atoms with Gasteiger partial charge in [-0.15, -0.1) is 6.58 Å². The predicted molar refractivity (Wildman–Crippen MR) is 117 cm³/mol. The number of carbonyl (C=O) groups is 2. The molecule has 2 aromatic rings. The Bertz CT molecular complexity index is 970. The molecule has 162 valence electrons. The second-order valence-corrected chi connectivity index (χ2v) is 9.18. The Morgan fingerprint density at radius 3 is 2.73 bits per heavy atom. The van der Waals surface area contributed by atoms with Crippen LogP contribution in [0.5, 0.6) is 0 Å². The zero-order chi connectivity index (χ0) is 22.1. The van der Waals surface area contributed by atoms with E-state index in [-0.39, 0.29) is 23.1 Å². The number of aromatic nitrogens is 3. The van der Waals surface area contributed by atoms with E-state index in [2.05, 4.69) is 11.9 Å². The zero-order valence-electron chi connectivity index (χ0n) is 18.8. The van der Waals surface area contributed by atoms with Crippen LogP contribution in [0.2, 0.25) is 0 Å². The Hall–Kier alpha value is -2.70. The molecule has 0 aliphatic carbocycles. The third kappa shape index (κ3) is 4.55. The molecule has 0 radical (unpaired) electrons. The van der Waals surface area contributed by atoms with Gasteiger partial charge >= 0.3 is 0 Å². The lowest BCUT2D eigenvalue weighted by molar-refractivity contribution is -0.138. The summed E-state index contributed by atoms with van der Waals surface area (Å²) in [4.78, 5) is 31.2. The minimum atomic E-state index is -0.365. The summed E-state index contributed by atoms with van der Waals surface area (Å²) >= 11 is 0. The zero-order valence-corrected chi connectivity index (χ0v) is 18.8. The molecule has 1 N–H and O–H groups in total. The topological polar surface area (TPSA) is 79.6 Å². The number of aryl methyl sites for hydroxylation is 2. The molecule has 0 aromatic carbocycles. The number of hydrogen-bond donors (Lipinski definition) is 1. The molecular formula is C23H33N5O2. The van der Waals surface area contributed by atoms with Gasteiger partial charge in [0.2, 0.25) is 11.8 Å². The van der Waals surface area contributed by atoms with E-state index >= 15 is 0 Å². The highest BCUT2D eigenvalue weighted by Crippen LogP contribution is 2.30. The van der Waals surface area contributed by atoms with Gasteiger partial charge in [0.15, 0.2) is 5.65 Å². The average molecular weight is 412 g/mol. The van der Waals surface area contributed by atoms with Crippen molar-refractivity contribution in [3.05, 3.63) is 41.4 Å². The number of carbonyl (C=O) groups excluding carboxylic acids is 2. The largest absolute Gasteiger partial charge is 0.353 e. The van der Waals surface area contributed by atoms with Crippen molar-refractivity contribution in [2.75, 3.05) is 19.6 Å². The van der Waals surface area contributed by atoms with Crippen molar-refractivity contribution in [1.29, 1.82) is 0 Å². The Morgan fingerprint density at radius 2 is 2.07 bits per heavy atom. The number of nitrogens with zero attached hydrogens (tertiary/aromatic N) is 4. The van der Waals surface area contributed by atoms with Crippen LogP contribution in [-0.2, 0) is 16.0 Å². The fourth-order valence-corrected chi connectivity index (χ4v) is 4.08. The minimum Gasteiger partial charge on any atom is -0.353 e. The highest BCUT2D eigenvalue weighted by molar-refractivity contribution is 5.81. The Morgan fingerprint density at radius 1 is 1.33 bits per heavy atom. The number of hydrogen-bond acceptors (Lipinski definition) is 4. The SMILES string of the molecule is C=CCNC(=O)CCc1c(C)nc2cc([C@H]3CCN(C(=O)C(C)(C)C)C3)nn2c1C. The molecule has 1 saturated heterocycles. The van der Waals surface area contributed by atoms with Gasteiger partial charge in [-0.25, -0.2) is 9.50 Å². The van der Waals surface area contributed by atoms with Crippen molar-refractivity contribution in [3.8, 4) is 0 Å². The summed E-state index contributed by atoms with van der Waals surface area (Å²) in [6.45, 7) is 15.5. The minimum absolute atomic E-state index is 0.00418. The maximum Gasteiger partial charge on any atom is 0.227 e. The van der Waals surface area contributed by atoms with Crippen LogP contribution < -0.4 is 5.32 Å². The van der Waals surface area contributed by atoms with Gasteiger partial charge in [-0.1, -0.05) is 26.8 Å². The molecule has 1 atom stereocenters. The standard InChI is InChI=1S/C23H33N5O2/c1-7-11-24-21(29)9-8-18-15(2)25-20-13-19(26-28(20)16(18)3)17-10-12-27(14-17)22(30)23(4,5)6/h7,13,17H,1,8-12,14H2,2-6H3,(H,24,29)/t17-/m0/s1. The first-order valence-corrected chi connectivity index (χ1v) is 10.6. The lowest BCUT2D eigenvalue weighted by Crippen LogP contribution is -2.37. The normalized spacial score (nSPS) is 16.8. The Kier molecular flexibility index (Phi) is 6.29. The van der Waals surface area contributed by atoms with Gasteiger partial charge in [-0.2, -0.15) is 5.10 Å². The van der Waals surface area contributed by atoms with Crippen LogP contribution in [0.15, 0.2) is 18.7 Å². The Labute approximate surface area is 178 Å². The molecule has 0 bridgehead atoms. The summed E-state index contributed by atoms with van der Waals surface area (Å²) in [5.74, 6) is 0.422. The fraction of sp³-hybridized carbons (Fsp3) is 0.565. The van der Waals surface area contributed by atoms with Crippen molar-refractivity contribution in [3.63, 3.8) is 0 Å². The van der Waals surface area contributed by atoms with Crippen molar-refractivity contribution in [2.45, 2.75) is 59.8 Å². The second kappa shape index (κ2) is 8.58. The molecule has 1 fully saturated rings. The molecular weight excluding hydrogens is 378 g/mol. The quantitative estimate of drug-likeness (QED) is 0.741. The van der Waals surface area contributed by atoms with Crippen molar-refractivity contribution in [2.24, 2.45) is 5.41 Å². The van der Waals surface area contributed by atoms with E-state index < -0.39 is 0 Å². The summed E-state index contributed by atoms with van der Waals surface area (Å²) in [6.07, 6.45) is 3.62. The summed E-state index contributed by atoms with van der Waals surface area (Å²) in [7, 11) is 0. The van der Waals surface area contributed by atoms with Crippen LogP contribution in [0.25, 0.3) is 5.65 Å². The maximum absolute atomic E-state index is 12.6. The van der Waals surface area contributed by atoms with Gasteiger partial charge in [0.25, 0.3) is 0 Å². The molecule has 2 aromatic heterocycles.